The largest absolute Gasteiger partial charge is 0.584 e. The van der Waals surface area contributed by atoms with E-state index in [1.165, 1.54) is 0 Å². The summed E-state index contributed by atoms with van der Waals surface area (Å²) in [6.45, 7) is 7.33. The molecule has 0 aromatic heterocycles. The Morgan fingerprint density at radius 1 is 0.828 bits per heavy atom. The summed E-state index contributed by atoms with van der Waals surface area (Å²) in [5.41, 5.74) is 4.27. The highest BCUT2D eigenvalue weighted by Gasteiger charge is 2.27. The van der Waals surface area contributed by atoms with Gasteiger partial charge in [0, 0.05) is 11.1 Å². The van der Waals surface area contributed by atoms with Gasteiger partial charge >= 0.3 is 7.82 Å². The molecule has 3 rings (SSSR count). The number of benzene rings is 3. The summed E-state index contributed by atoms with van der Waals surface area (Å²) < 4.78 is 22.9. The van der Waals surface area contributed by atoms with E-state index >= 15 is 0 Å². The predicted octanol–water partition coefficient (Wildman–Crippen LogP) is 5.71. The molecule has 1 N–H and O–H groups in total. The number of phosphoric acid groups is 1. The molecule has 0 aliphatic heterocycles. The summed E-state index contributed by atoms with van der Waals surface area (Å²) in [6, 6.07) is 17.3. The minimum atomic E-state index is -4.39. The normalized spacial score (nSPS) is 12.9. The molecule has 0 bridgehead atoms. The van der Waals surface area contributed by atoms with Crippen LogP contribution in [0.1, 0.15) is 38.2 Å². The van der Waals surface area contributed by atoms with Crippen molar-refractivity contribution in [1.82, 2.24) is 0 Å². The molecule has 0 saturated heterocycles. The lowest BCUT2D eigenvalue weighted by Gasteiger charge is -2.18. The molecule has 1 unspecified atom stereocenters. The molecular formula is C23H23O5P. The number of ketones is 1. The molecule has 29 heavy (non-hydrogen) atoms. The first-order valence-corrected chi connectivity index (χ1v) is 10.7. The number of carbonyl (C=O) groups excluding carboxylic acids is 1. The van der Waals surface area contributed by atoms with Crippen LogP contribution in [0.15, 0.2) is 60.7 Å². The van der Waals surface area contributed by atoms with Gasteiger partial charge < -0.3 is 9.05 Å². The Kier molecular flexibility index (Phi) is 5.92. The maximum absolute atomic E-state index is 13.0. The maximum atomic E-state index is 13.0. The molecule has 3 aromatic carbocycles. The molecule has 3 aromatic rings. The van der Waals surface area contributed by atoms with Crippen LogP contribution in [0, 0.1) is 27.7 Å². The van der Waals surface area contributed by atoms with Crippen LogP contribution >= 0.6 is 7.82 Å². The molecule has 6 heteroatoms. The third kappa shape index (κ3) is 4.94. The second kappa shape index (κ2) is 8.24. The van der Waals surface area contributed by atoms with Gasteiger partial charge in [0.05, 0.1) is 0 Å². The minimum absolute atomic E-state index is 0.104. The van der Waals surface area contributed by atoms with E-state index in [1.54, 1.807) is 56.3 Å². The Balaban J connectivity index is 1.87. The van der Waals surface area contributed by atoms with Crippen molar-refractivity contribution in [3.05, 3.63) is 94.0 Å². The van der Waals surface area contributed by atoms with Gasteiger partial charge in [-0.2, -0.15) is 0 Å². The number of hydrogen-bond acceptors (Lipinski definition) is 4. The Labute approximate surface area is 170 Å². The Bertz CT molecular complexity index is 1080. The molecule has 0 saturated carbocycles. The van der Waals surface area contributed by atoms with Crippen LogP contribution in [-0.2, 0) is 4.57 Å². The molecule has 0 heterocycles. The second-order valence-electron chi connectivity index (χ2n) is 7.05. The van der Waals surface area contributed by atoms with E-state index in [1.807, 2.05) is 32.0 Å². The van der Waals surface area contributed by atoms with Gasteiger partial charge in [-0.15, -0.1) is 0 Å². The molecule has 5 nitrogen and oxygen atoms in total. The molecule has 0 amide bonds. The highest BCUT2D eigenvalue weighted by atomic mass is 31.2. The molecule has 0 aliphatic carbocycles. The number of hydrogen-bond donors (Lipinski definition) is 1. The van der Waals surface area contributed by atoms with E-state index < -0.39 is 7.82 Å². The van der Waals surface area contributed by atoms with E-state index in [2.05, 4.69) is 0 Å². The number of phosphoric ester groups is 1. The van der Waals surface area contributed by atoms with Crippen molar-refractivity contribution in [3.8, 4) is 11.5 Å². The standard InChI is InChI=1S/C23H23O5P/c1-15-10-11-21(16(2)12-15)22(24)19-13-17(3)23(18(4)14-19)28-29(25,26)27-20-8-6-5-7-9-20/h5-14H,1-4H3,(H,25,26). The van der Waals surface area contributed by atoms with Crippen LogP contribution in [0.3, 0.4) is 0 Å². The first kappa shape index (κ1) is 20.8. The molecule has 0 aliphatic rings. The van der Waals surface area contributed by atoms with E-state index in [9.17, 15) is 14.3 Å². The first-order chi connectivity index (χ1) is 13.7. The zero-order valence-electron chi connectivity index (χ0n) is 16.8. The van der Waals surface area contributed by atoms with Crippen molar-refractivity contribution < 1.29 is 23.3 Å². The van der Waals surface area contributed by atoms with Gasteiger partial charge in [0.2, 0.25) is 0 Å². The lowest BCUT2D eigenvalue weighted by atomic mass is 9.95. The lowest BCUT2D eigenvalue weighted by molar-refractivity contribution is 0.103. The number of rotatable bonds is 6. The van der Waals surface area contributed by atoms with Gasteiger partial charge in [-0.3, -0.25) is 9.69 Å². The summed E-state index contributed by atoms with van der Waals surface area (Å²) in [5, 5.41) is 0. The average molecular weight is 410 g/mol. The number of para-hydroxylation sites is 1. The van der Waals surface area contributed by atoms with Crippen LogP contribution in [0.4, 0.5) is 0 Å². The van der Waals surface area contributed by atoms with Crippen LogP contribution in [0.5, 0.6) is 11.5 Å². The molecule has 150 valence electrons. The van der Waals surface area contributed by atoms with Crippen molar-refractivity contribution in [2.24, 2.45) is 0 Å². The molecule has 0 spiro atoms. The third-order valence-corrected chi connectivity index (χ3v) is 5.37. The fourth-order valence-corrected chi connectivity index (χ4v) is 4.14. The Morgan fingerprint density at radius 3 is 2.03 bits per heavy atom. The molecule has 0 radical (unpaired) electrons. The summed E-state index contributed by atoms with van der Waals surface area (Å²) >= 11 is 0. The van der Waals surface area contributed by atoms with Crippen LogP contribution in [-0.4, -0.2) is 10.7 Å². The van der Waals surface area contributed by atoms with Crippen LogP contribution in [0.25, 0.3) is 0 Å². The zero-order chi connectivity index (χ0) is 21.2. The fourth-order valence-electron chi connectivity index (χ4n) is 3.20. The maximum Gasteiger partial charge on any atom is 0.584 e. The topological polar surface area (TPSA) is 72.8 Å². The van der Waals surface area contributed by atoms with E-state index in [4.69, 9.17) is 9.05 Å². The zero-order valence-corrected chi connectivity index (χ0v) is 17.7. The molecular weight excluding hydrogens is 387 g/mol. The summed E-state index contributed by atoms with van der Waals surface area (Å²) in [7, 11) is -4.39. The van der Waals surface area contributed by atoms with Crippen LogP contribution < -0.4 is 9.05 Å². The SMILES string of the molecule is Cc1ccc(C(=O)c2cc(C)c(OP(=O)(O)Oc3ccccc3)c(C)c2)c(C)c1. The van der Waals surface area contributed by atoms with Gasteiger partial charge in [0.25, 0.3) is 0 Å². The molecule has 0 fully saturated rings. The highest BCUT2D eigenvalue weighted by Crippen LogP contribution is 2.46. The van der Waals surface area contributed by atoms with E-state index in [-0.39, 0.29) is 17.3 Å². The smallest absolute Gasteiger partial charge is 0.395 e. The molecule has 1 atom stereocenters. The van der Waals surface area contributed by atoms with Gasteiger partial charge in [-0.05, 0) is 68.7 Å². The van der Waals surface area contributed by atoms with Gasteiger partial charge in [0.15, 0.2) is 5.78 Å². The Morgan fingerprint density at radius 2 is 1.45 bits per heavy atom. The third-order valence-electron chi connectivity index (χ3n) is 4.52. The lowest BCUT2D eigenvalue weighted by Crippen LogP contribution is -2.07. The number of aryl methyl sites for hydroxylation is 4. The van der Waals surface area contributed by atoms with Crippen LogP contribution in [0.2, 0.25) is 0 Å². The summed E-state index contributed by atoms with van der Waals surface area (Å²) in [6.07, 6.45) is 0. The van der Waals surface area contributed by atoms with Gasteiger partial charge in [-0.1, -0.05) is 42.0 Å². The predicted molar refractivity (Wildman–Crippen MR) is 113 cm³/mol. The summed E-state index contributed by atoms with van der Waals surface area (Å²) in [4.78, 5) is 23.1. The Hall–Kier alpha value is -2.88. The van der Waals surface area contributed by atoms with Crippen molar-refractivity contribution >= 4 is 13.6 Å². The van der Waals surface area contributed by atoms with Crippen molar-refractivity contribution in [3.63, 3.8) is 0 Å². The average Bonchev–Trinajstić information content (AvgIpc) is 2.64. The van der Waals surface area contributed by atoms with Crippen molar-refractivity contribution in [2.45, 2.75) is 27.7 Å². The summed E-state index contributed by atoms with van der Waals surface area (Å²) in [5.74, 6) is 0.354. The fraction of sp³-hybridized carbons (Fsp3) is 0.174. The van der Waals surface area contributed by atoms with E-state index in [0.29, 0.717) is 22.3 Å². The highest BCUT2D eigenvalue weighted by molar-refractivity contribution is 7.48. The van der Waals surface area contributed by atoms with Crippen molar-refractivity contribution in [1.29, 1.82) is 0 Å². The second-order valence-corrected chi connectivity index (χ2v) is 8.35. The quantitative estimate of drug-likeness (QED) is 0.416. The van der Waals surface area contributed by atoms with E-state index in [0.717, 1.165) is 11.1 Å². The number of carbonyl (C=O) groups is 1. The van der Waals surface area contributed by atoms with Crippen molar-refractivity contribution in [2.75, 3.05) is 0 Å². The van der Waals surface area contributed by atoms with Gasteiger partial charge in [-0.25, -0.2) is 4.57 Å². The van der Waals surface area contributed by atoms with Gasteiger partial charge in [0.1, 0.15) is 11.5 Å². The monoisotopic (exact) mass is 410 g/mol. The first-order valence-electron chi connectivity index (χ1n) is 9.16. The minimum Gasteiger partial charge on any atom is -0.395 e.